The Morgan fingerprint density at radius 2 is 1.66 bits per heavy atom. The minimum absolute atomic E-state index is 0.0505. The molecular weight excluding hydrogens is 449 g/mol. The van der Waals surface area contributed by atoms with Gasteiger partial charge in [0, 0.05) is 25.8 Å². The normalized spacial score (nSPS) is 17.1. The van der Waals surface area contributed by atoms with Crippen LogP contribution < -0.4 is 9.64 Å². The number of ether oxygens (including phenoxy) is 1. The van der Waals surface area contributed by atoms with Gasteiger partial charge in [-0.2, -0.15) is 4.31 Å². The Morgan fingerprint density at radius 3 is 2.19 bits per heavy atom. The van der Waals surface area contributed by atoms with E-state index in [0.717, 1.165) is 17.0 Å². The van der Waals surface area contributed by atoms with Crippen molar-refractivity contribution in [2.24, 2.45) is 0 Å². The van der Waals surface area contributed by atoms with E-state index < -0.39 is 33.6 Å². The number of amides is 1. The first-order chi connectivity index (χ1) is 14.8. The summed E-state index contributed by atoms with van der Waals surface area (Å²) in [7, 11) is -2.38. The highest BCUT2D eigenvalue weighted by Gasteiger charge is 2.44. The number of alkyl halides is 3. The minimum atomic E-state index is -4.83. The molecule has 0 aromatic heterocycles. The number of piperidine rings is 1. The predicted molar refractivity (Wildman–Crippen MR) is 111 cm³/mol. The second-order valence-corrected chi connectivity index (χ2v) is 9.51. The smallest absolute Gasteiger partial charge is 0.406 e. The van der Waals surface area contributed by atoms with Crippen molar-refractivity contribution in [3.8, 4) is 5.75 Å². The molecule has 1 saturated heterocycles. The zero-order valence-electron chi connectivity index (χ0n) is 17.5. The van der Waals surface area contributed by atoms with Crippen LogP contribution >= 0.6 is 0 Å². The fourth-order valence-electron chi connectivity index (χ4n) is 3.60. The van der Waals surface area contributed by atoms with Crippen LogP contribution in [0.3, 0.4) is 0 Å². The van der Waals surface area contributed by atoms with Gasteiger partial charge in [0.2, 0.25) is 10.0 Å². The number of benzene rings is 2. The number of carbonyl (C=O) groups excluding carboxylic acids is 1. The van der Waals surface area contributed by atoms with Gasteiger partial charge in [0.25, 0.3) is 5.91 Å². The summed E-state index contributed by atoms with van der Waals surface area (Å²) in [4.78, 5) is 14.2. The van der Waals surface area contributed by atoms with Gasteiger partial charge < -0.3 is 14.7 Å². The molecule has 1 aliphatic rings. The van der Waals surface area contributed by atoms with E-state index in [4.69, 9.17) is 0 Å². The highest BCUT2D eigenvalue weighted by molar-refractivity contribution is 7.89. The van der Waals surface area contributed by atoms with Crippen LogP contribution in [0.1, 0.15) is 18.4 Å². The second kappa shape index (κ2) is 8.72. The zero-order valence-corrected chi connectivity index (χ0v) is 18.3. The van der Waals surface area contributed by atoms with Crippen molar-refractivity contribution in [2.75, 3.05) is 25.0 Å². The minimum Gasteiger partial charge on any atom is -0.406 e. The standard InChI is InChI=1S/C21H23F3N2O5S/c1-15-5-3-4-6-18(15)32(29,30)26-13-11-20(28,12-14-26)19(27)25(2)16-7-9-17(10-8-16)31-21(22,23)24/h3-10,28H,11-14H2,1-2H3. The van der Waals surface area contributed by atoms with Crippen molar-refractivity contribution in [2.45, 2.75) is 36.6 Å². The highest BCUT2D eigenvalue weighted by Crippen LogP contribution is 2.31. The van der Waals surface area contributed by atoms with E-state index in [2.05, 4.69) is 4.74 Å². The van der Waals surface area contributed by atoms with Gasteiger partial charge in [-0.25, -0.2) is 8.42 Å². The maximum absolute atomic E-state index is 12.9. The Balaban J connectivity index is 1.69. The van der Waals surface area contributed by atoms with Gasteiger partial charge in [0.15, 0.2) is 0 Å². The van der Waals surface area contributed by atoms with Crippen molar-refractivity contribution in [1.29, 1.82) is 0 Å². The maximum atomic E-state index is 12.9. The molecule has 0 spiro atoms. The molecule has 2 aromatic carbocycles. The van der Waals surface area contributed by atoms with Crippen LogP contribution in [-0.4, -0.2) is 55.8 Å². The van der Waals surface area contributed by atoms with E-state index >= 15 is 0 Å². The van der Waals surface area contributed by atoms with E-state index in [-0.39, 0.29) is 36.5 Å². The topological polar surface area (TPSA) is 87.2 Å². The summed E-state index contributed by atoms with van der Waals surface area (Å²) in [6.45, 7) is 1.59. The first-order valence-electron chi connectivity index (χ1n) is 9.76. The van der Waals surface area contributed by atoms with Crippen molar-refractivity contribution < 1.29 is 36.2 Å². The van der Waals surface area contributed by atoms with Gasteiger partial charge in [0.1, 0.15) is 11.4 Å². The molecule has 32 heavy (non-hydrogen) atoms. The molecule has 0 radical (unpaired) electrons. The Bertz CT molecular complexity index is 1080. The third kappa shape index (κ3) is 5.05. The number of halogens is 3. The van der Waals surface area contributed by atoms with Gasteiger partial charge >= 0.3 is 6.36 Å². The first kappa shape index (κ1) is 24.0. The number of hydrogen-bond acceptors (Lipinski definition) is 5. The number of aryl methyl sites for hydroxylation is 1. The average molecular weight is 472 g/mol. The molecule has 0 saturated carbocycles. The number of nitrogens with zero attached hydrogens (tertiary/aromatic N) is 2. The first-order valence-corrected chi connectivity index (χ1v) is 11.2. The molecule has 7 nitrogen and oxygen atoms in total. The van der Waals surface area contributed by atoms with Gasteiger partial charge in [-0.05, 0) is 55.7 Å². The molecule has 11 heteroatoms. The largest absolute Gasteiger partial charge is 0.573 e. The predicted octanol–water partition coefficient (Wildman–Crippen LogP) is 3.07. The van der Waals surface area contributed by atoms with Gasteiger partial charge in [-0.1, -0.05) is 18.2 Å². The fourth-order valence-corrected chi connectivity index (χ4v) is 5.26. The summed E-state index contributed by atoms with van der Waals surface area (Å²) >= 11 is 0. The molecule has 1 amide bonds. The molecule has 1 N–H and O–H groups in total. The van der Waals surface area contributed by atoms with Gasteiger partial charge in [-0.15, -0.1) is 13.2 Å². The molecule has 0 bridgehead atoms. The summed E-state index contributed by atoms with van der Waals surface area (Å²) in [5.74, 6) is -1.11. The van der Waals surface area contributed by atoms with Crippen LogP contribution in [0.4, 0.5) is 18.9 Å². The highest BCUT2D eigenvalue weighted by atomic mass is 32.2. The Hall–Kier alpha value is -2.63. The monoisotopic (exact) mass is 472 g/mol. The summed E-state index contributed by atoms with van der Waals surface area (Å²) in [5, 5.41) is 10.9. The summed E-state index contributed by atoms with van der Waals surface area (Å²) in [6, 6.07) is 11.2. The fraction of sp³-hybridized carbons (Fsp3) is 0.381. The zero-order chi connectivity index (χ0) is 23.7. The number of carbonyl (C=O) groups is 1. The Labute approximate surface area is 184 Å². The van der Waals surface area contributed by atoms with E-state index in [1.54, 1.807) is 25.1 Å². The van der Waals surface area contributed by atoms with E-state index in [0.29, 0.717) is 5.56 Å². The quantitative estimate of drug-likeness (QED) is 0.723. The third-order valence-corrected chi connectivity index (χ3v) is 7.48. The number of likely N-dealkylation sites (N-methyl/N-ethyl adjacent to an activating group) is 1. The number of hydrogen-bond donors (Lipinski definition) is 1. The molecule has 174 valence electrons. The van der Waals surface area contributed by atoms with E-state index in [1.807, 2.05) is 0 Å². The number of sulfonamides is 1. The summed E-state index contributed by atoms with van der Waals surface area (Å²) in [5.41, 5.74) is -0.941. The maximum Gasteiger partial charge on any atom is 0.573 e. The number of anilines is 1. The molecule has 0 unspecified atom stereocenters. The van der Waals surface area contributed by atoms with Crippen molar-refractivity contribution in [1.82, 2.24) is 4.31 Å². The summed E-state index contributed by atoms with van der Waals surface area (Å²) in [6.07, 6.45) is -5.06. The lowest BCUT2D eigenvalue weighted by Crippen LogP contribution is -2.55. The van der Waals surface area contributed by atoms with Crippen LogP contribution in [0.25, 0.3) is 0 Å². The SMILES string of the molecule is Cc1ccccc1S(=O)(=O)N1CCC(O)(C(=O)N(C)c2ccc(OC(F)(F)F)cc2)CC1. The van der Waals surface area contributed by atoms with Crippen molar-refractivity contribution in [3.63, 3.8) is 0 Å². The lowest BCUT2D eigenvalue weighted by atomic mass is 9.91. The van der Waals surface area contributed by atoms with Gasteiger partial charge in [0.05, 0.1) is 4.90 Å². The van der Waals surface area contributed by atoms with Crippen LogP contribution in [0.15, 0.2) is 53.4 Å². The van der Waals surface area contributed by atoms with Crippen LogP contribution in [0.5, 0.6) is 5.75 Å². The molecule has 0 atom stereocenters. The number of aliphatic hydroxyl groups is 1. The third-order valence-electron chi connectivity index (χ3n) is 5.42. The van der Waals surface area contributed by atoms with Crippen LogP contribution in [0.2, 0.25) is 0 Å². The second-order valence-electron chi connectivity index (χ2n) is 7.61. The lowest BCUT2D eigenvalue weighted by Gasteiger charge is -2.38. The van der Waals surface area contributed by atoms with Crippen LogP contribution in [0, 0.1) is 6.92 Å². The molecule has 3 rings (SSSR count). The van der Waals surface area contributed by atoms with E-state index in [9.17, 15) is 31.5 Å². The molecule has 2 aromatic rings. The van der Waals surface area contributed by atoms with Crippen LogP contribution in [-0.2, 0) is 14.8 Å². The molecule has 1 aliphatic heterocycles. The van der Waals surface area contributed by atoms with Gasteiger partial charge in [-0.3, -0.25) is 4.79 Å². The lowest BCUT2D eigenvalue weighted by molar-refractivity contribution is -0.274. The Kier molecular flexibility index (Phi) is 6.55. The van der Waals surface area contributed by atoms with Crippen molar-refractivity contribution >= 4 is 21.6 Å². The molecule has 1 fully saturated rings. The average Bonchev–Trinajstić information content (AvgIpc) is 2.72. The summed E-state index contributed by atoms with van der Waals surface area (Å²) < 4.78 is 67.8. The molecule has 1 heterocycles. The number of rotatable bonds is 5. The molecule has 0 aliphatic carbocycles. The molecular formula is C21H23F3N2O5S. The Morgan fingerprint density at radius 1 is 1.09 bits per heavy atom. The van der Waals surface area contributed by atoms with E-state index in [1.165, 1.54) is 29.6 Å². The van der Waals surface area contributed by atoms with Crippen molar-refractivity contribution in [3.05, 3.63) is 54.1 Å².